The number of hydrogen-bond donors (Lipinski definition) is 2. The first-order valence-corrected chi connectivity index (χ1v) is 6.16. The number of nitrogens with zero attached hydrogens (tertiary/aromatic N) is 4. The predicted octanol–water partition coefficient (Wildman–Crippen LogP) is 0.411. The van der Waals surface area contributed by atoms with Crippen LogP contribution in [-0.4, -0.2) is 40.0 Å². The Kier molecular flexibility index (Phi) is 3.81. The van der Waals surface area contributed by atoms with Crippen LogP contribution >= 0.6 is 11.6 Å². The molecule has 1 aromatic rings. The molecule has 2 rings (SSSR count). The third-order valence-corrected chi connectivity index (χ3v) is 2.93. The predicted molar refractivity (Wildman–Crippen MR) is 68.6 cm³/mol. The number of carbonyl (C=O) groups is 1. The molecule has 0 aliphatic carbocycles. The second kappa shape index (κ2) is 5.34. The van der Waals surface area contributed by atoms with E-state index >= 15 is 0 Å². The van der Waals surface area contributed by atoms with Gasteiger partial charge in [0.15, 0.2) is 0 Å². The fraction of sp³-hybridized carbons (Fsp3) is 0.600. The van der Waals surface area contributed by atoms with Gasteiger partial charge in [-0.05, 0) is 31.4 Å². The molecule has 1 unspecified atom stereocenters. The van der Waals surface area contributed by atoms with Gasteiger partial charge >= 0.3 is 0 Å². The summed E-state index contributed by atoms with van der Waals surface area (Å²) < 4.78 is 0. The zero-order valence-electron chi connectivity index (χ0n) is 10.1. The van der Waals surface area contributed by atoms with Crippen LogP contribution in [0.1, 0.15) is 19.8 Å². The monoisotopic (exact) mass is 270 g/mol. The standard InChI is InChI=1S/C10H15ClN6O/c1-6(7(12)18)13-9-14-8(11)15-10(16-9)17-4-2-3-5-17/h6H,2-5H2,1H3,(H2,12,18)(H,13,14,15,16). The van der Waals surface area contributed by atoms with Crippen LogP contribution in [0, 0.1) is 0 Å². The molecular formula is C10H15ClN6O. The van der Waals surface area contributed by atoms with Crippen molar-refractivity contribution in [3.05, 3.63) is 5.28 Å². The van der Waals surface area contributed by atoms with E-state index in [4.69, 9.17) is 17.3 Å². The van der Waals surface area contributed by atoms with Gasteiger partial charge in [-0.1, -0.05) is 0 Å². The van der Waals surface area contributed by atoms with Crippen LogP contribution in [0.15, 0.2) is 0 Å². The van der Waals surface area contributed by atoms with Crippen LogP contribution in [0.5, 0.6) is 0 Å². The highest BCUT2D eigenvalue weighted by atomic mass is 35.5. The summed E-state index contributed by atoms with van der Waals surface area (Å²) in [5, 5.41) is 2.90. The maximum Gasteiger partial charge on any atom is 0.239 e. The number of nitrogens with one attached hydrogen (secondary N) is 1. The number of carbonyl (C=O) groups excluding carboxylic acids is 1. The summed E-state index contributed by atoms with van der Waals surface area (Å²) in [5.74, 6) is 0.323. The van der Waals surface area contributed by atoms with E-state index < -0.39 is 11.9 Å². The van der Waals surface area contributed by atoms with Crippen LogP contribution < -0.4 is 16.0 Å². The zero-order chi connectivity index (χ0) is 13.1. The molecule has 18 heavy (non-hydrogen) atoms. The van der Waals surface area contributed by atoms with Crippen molar-refractivity contribution in [2.45, 2.75) is 25.8 Å². The molecular weight excluding hydrogens is 256 g/mol. The normalized spacial score (nSPS) is 16.7. The van der Waals surface area contributed by atoms with Crippen molar-refractivity contribution < 1.29 is 4.79 Å². The molecule has 7 nitrogen and oxygen atoms in total. The van der Waals surface area contributed by atoms with Crippen LogP contribution in [0.3, 0.4) is 0 Å². The summed E-state index contributed by atoms with van der Waals surface area (Å²) in [6.45, 7) is 3.45. The van der Waals surface area contributed by atoms with Crippen molar-refractivity contribution in [1.29, 1.82) is 0 Å². The lowest BCUT2D eigenvalue weighted by molar-refractivity contribution is -0.118. The molecule has 2 heterocycles. The molecule has 0 saturated carbocycles. The number of hydrogen-bond acceptors (Lipinski definition) is 6. The van der Waals surface area contributed by atoms with E-state index in [1.807, 2.05) is 4.90 Å². The molecule has 0 radical (unpaired) electrons. The number of primary amides is 1. The van der Waals surface area contributed by atoms with Crippen LogP contribution in [0.2, 0.25) is 5.28 Å². The van der Waals surface area contributed by atoms with Crippen LogP contribution in [-0.2, 0) is 4.79 Å². The largest absolute Gasteiger partial charge is 0.368 e. The summed E-state index contributed by atoms with van der Waals surface area (Å²) in [6, 6.07) is -0.560. The molecule has 0 bridgehead atoms. The number of anilines is 2. The van der Waals surface area contributed by atoms with Gasteiger partial charge in [-0.25, -0.2) is 0 Å². The van der Waals surface area contributed by atoms with Gasteiger partial charge in [-0.15, -0.1) is 0 Å². The Balaban J connectivity index is 2.18. The lowest BCUT2D eigenvalue weighted by Crippen LogP contribution is -2.33. The Bertz CT molecular complexity index is 448. The van der Waals surface area contributed by atoms with E-state index in [-0.39, 0.29) is 11.2 Å². The van der Waals surface area contributed by atoms with Crippen LogP contribution in [0.25, 0.3) is 0 Å². The molecule has 0 aromatic carbocycles. The maximum absolute atomic E-state index is 11.0. The molecule has 1 aromatic heterocycles. The fourth-order valence-corrected chi connectivity index (χ4v) is 1.88. The Morgan fingerprint density at radius 2 is 2.06 bits per heavy atom. The number of nitrogens with two attached hydrogens (primary N) is 1. The van der Waals surface area contributed by atoms with Gasteiger partial charge in [0.05, 0.1) is 0 Å². The summed E-state index contributed by atoms with van der Waals surface area (Å²) in [5.41, 5.74) is 5.17. The van der Waals surface area contributed by atoms with E-state index in [9.17, 15) is 4.79 Å². The molecule has 0 spiro atoms. The number of halogens is 1. The van der Waals surface area contributed by atoms with Crippen molar-refractivity contribution >= 4 is 29.4 Å². The smallest absolute Gasteiger partial charge is 0.239 e. The molecule has 3 N–H and O–H groups in total. The van der Waals surface area contributed by atoms with Crippen molar-refractivity contribution in [3.8, 4) is 0 Å². The highest BCUT2D eigenvalue weighted by Gasteiger charge is 2.18. The Hall–Kier alpha value is -1.63. The Labute approximate surface area is 110 Å². The third-order valence-electron chi connectivity index (χ3n) is 2.76. The lowest BCUT2D eigenvalue weighted by atomic mass is 10.3. The van der Waals surface area contributed by atoms with Crippen molar-refractivity contribution in [2.24, 2.45) is 5.73 Å². The second-order valence-electron chi connectivity index (χ2n) is 4.19. The number of aromatic nitrogens is 3. The quantitative estimate of drug-likeness (QED) is 0.823. The Morgan fingerprint density at radius 1 is 1.39 bits per heavy atom. The first kappa shape index (κ1) is 12.8. The fourth-order valence-electron chi connectivity index (χ4n) is 1.73. The van der Waals surface area contributed by atoms with Gasteiger partial charge in [-0.3, -0.25) is 4.79 Å². The third kappa shape index (κ3) is 2.98. The van der Waals surface area contributed by atoms with Gasteiger partial charge < -0.3 is 16.0 Å². The molecule has 8 heteroatoms. The average Bonchev–Trinajstić information content (AvgIpc) is 2.81. The van der Waals surface area contributed by atoms with Gasteiger partial charge in [0.25, 0.3) is 0 Å². The van der Waals surface area contributed by atoms with Crippen molar-refractivity contribution in [1.82, 2.24) is 15.0 Å². The molecule has 1 fully saturated rings. The minimum absolute atomic E-state index is 0.103. The lowest BCUT2D eigenvalue weighted by Gasteiger charge is -2.16. The molecule has 1 aliphatic rings. The first-order valence-electron chi connectivity index (χ1n) is 5.78. The summed E-state index contributed by atoms with van der Waals surface area (Å²) in [7, 11) is 0. The van der Waals surface area contributed by atoms with Crippen molar-refractivity contribution in [2.75, 3.05) is 23.3 Å². The van der Waals surface area contributed by atoms with E-state index in [1.165, 1.54) is 0 Å². The molecule has 1 atom stereocenters. The van der Waals surface area contributed by atoms with E-state index in [0.717, 1.165) is 25.9 Å². The van der Waals surface area contributed by atoms with Gasteiger partial charge in [0, 0.05) is 13.1 Å². The minimum Gasteiger partial charge on any atom is -0.368 e. The molecule has 1 aliphatic heterocycles. The molecule has 1 saturated heterocycles. The van der Waals surface area contributed by atoms with Crippen molar-refractivity contribution in [3.63, 3.8) is 0 Å². The average molecular weight is 271 g/mol. The topological polar surface area (TPSA) is 97.0 Å². The van der Waals surface area contributed by atoms with Gasteiger partial charge in [0.1, 0.15) is 6.04 Å². The highest BCUT2D eigenvalue weighted by Crippen LogP contribution is 2.18. The second-order valence-corrected chi connectivity index (χ2v) is 4.53. The minimum atomic E-state index is -0.560. The van der Waals surface area contributed by atoms with Crippen LogP contribution in [0.4, 0.5) is 11.9 Å². The first-order chi connectivity index (χ1) is 8.56. The van der Waals surface area contributed by atoms with E-state index in [2.05, 4.69) is 20.3 Å². The number of rotatable bonds is 4. The summed E-state index contributed by atoms with van der Waals surface area (Å²) >= 11 is 5.85. The zero-order valence-corrected chi connectivity index (χ0v) is 10.8. The molecule has 1 amide bonds. The number of amides is 1. The Morgan fingerprint density at radius 3 is 2.67 bits per heavy atom. The van der Waals surface area contributed by atoms with E-state index in [0.29, 0.717) is 5.95 Å². The van der Waals surface area contributed by atoms with Gasteiger partial charge in [-0.2, -0.15) is 15.0 Å². The summed E-state index contributed by atoms with van der Waals surface area (Å²) in [6.07, 6.45) is 2.23. The SMILES string of the molecule is CC(Nc1nc(Cl)nc(N2CCCC2)n1)C(N)=O. The van der Waals surface area contributed by atoms with Gasteiger partial charge in [0.2, 0.25) is 23.1 Å². The molecule has 98 valence electrons. The summed E-state index contributed by atoms with van der Waals surface area (Å²) in [4.78, 5) is 25.3. The maximum atomic E-state index is 11.0. The highest BCUT2D eigenvalue weighted by molar-refractivity contribution is 6.28. The van der Waals surface area contributed by atoms with E-state index in [1.54, 1.807) is 6.92 Å².